The van der Waals surface area contributed by atoms with Crippen LogP contribution in [0.5, 0.6) is 5.75 Å². The van der Waals surface area contributed by atoms with E-state index in [0.29, 0.717) is 29.1 Å². The predicted octanol–water partition coefficient (Wildman–Crippen LogP) is 4.49. The lowest BCUT2D eigenvalue weighted by Crippen LogP contribution is -2.04. The molecule has 0 aliphatic heterocycles. The number of halogens is 1. The summed E-state index contributed by atoms with van der Waals surface area (Å²) in [5.74, 6) is 1.38. The van der Waals surface area contributed by atoms with E-state index in [9.17, 15) is 0 Å². The van der Waals surface area contributed by atoms with Gasteiger partial charge in [0.05, 0.1) is 0 Å². The smallest absolute Gasteiger partial charge is 0.236 e. The monoisotopic (exact) mass is 359 g/mol. The van der Waals surface area contributed by atoms with Crippen molar-refractivity contribution in [1.29, 1.82) is 5.26 Å². The molecule has 2 aromatic heterocycles. The number of nitrogens with zero attached hydrogens (tertiary/aromatic N) is 2. The molecular weight excluding hydrogens is 346 g/mol. The van der Waals surface area contributed by atoms with Gasteiger partial charge in [0.1, 0.15) is 11.8 Å². The van der Waals surface area contributed by atoms with E-state index in [0.717, 1.165) is 6.42 Å². The van der Waals surface area contributed by atoms with Crippen LogP contribution in [0.3, 0.4) is 0 Å². The zero-order valence-electron chi connectivity index (χ0n) is 12.7. The normalized spacial score (nSPS) is 10.3. The third kappa shape index (κ3) is 4.28. The van der Waals surface area contributed by atoms with Crippen LogP contribution in [0.15, 0.2) is 46.2 Å². The van der Waals surface area contributed by atoms with Crippen molar-refractivity contribution in [1.82, 2.24) is 4.98 Å². The van der Waals surface area contributed by atoms with Crippen molar-refractivity contribution in [3.63, 3.8) is 0 Å². The molecule has 0 bridgehead atoms. The molecule has 0 saturated heterocycles. The Morgan fingerprint density at radius 1 is 1.29 bits per heavy atom. The highest BCUT2D eigenvalue weighted by Crippen LogP contribution is 2.20. The van der Waals surface area contributed by atoms with E-state index < -0.39 is 0 Å². The van der Waals surface area contributed by atoms with Crippen LogP contribution in [-0.4, -0.2) is 11.5 Å². The number of rotatable bonds is 7. The summed E-state index contributed by atoms with van der Waals surface area (Å²) in [6, 6.07) is 13.1. The van der Waals surface area contributed by atoms with Crippen LogP contribution in [0.25, 0.3) is 0 Å². The fraction of sp³-hybridized carbons (Fsp3) is 0.176. The topological polar surface area (TPSA) is 71.1 Å². The van der Waals surface area contributed by atoms with Crippen molar-refractivity contribution < 1.29 is 9.15 Å². The van der Waals surface area contributed by atoms with Crippen molar-refractivity contribution in [2.45, 2.75) is 13.0 Å². The zero-order chi connectivity index (χ0) is 16.8. The van der Waals surface area contributed by atoms with E-state index in [4.69, 9.17) is 26.0 Å². The second kappa shape index (κ2) is 7.86. The number of ether oxygens (including phenoxy) is 1. The Morgan fingerprint density at radius 2 is 2.12 bits per heavy atom. The second-order valence-corrected chi connectivity index (χ2v) is 6.36. The number of benzene rings is 1. The van der Waals surface area contributed by atoms with Gasteiger partial charge in [0.15, 0.2) is 6.61 Å². The van der Waals surface area contributed by atoms with E-state index in [1.165, 1.54) is 4.88 Å². The molecule has 7 heteroatoms. The maximum atomic E-state index is 9.16. The molecule has 24 heavy (non-hydrogen) atoms. The largest absolute Gasteiger partial charge is 0.484 e. The third-order valence-electron chi connectivity index (χ3n) is 3.19. The number of anilines is 1. The lowest BCUT2D eigenvalue weighted by molar-refractivity contribution is 0.265. The number of nitriles is 1. The van der Waals surface area contributed by atoms with E-state index >= 15 is 0 Å². The summed E-state index contributed by atoms with van der Waals surface area (Å²) in [7, 11) is 0. The summed E-state index contributed by atoms with van der Waals surface area (Å²) in [4.78, 5) is 5.41. The van der Waals surface area contributed by atoms with Crippen LogP contribution >= 0.6 is 22.9 Å². The maximum Gasteiger partial charge on any atom is 0.236 e. The van der Waals surface area contributed by atoms with Gasteiger partial charge in [0, 0.05) is 16.4 Å². The lowest BCUT2D eigenvalue weighted by atomic mass is 10.3. The zero-order valence-corrected chi connectivity index (χ0v) is 14.2. The van der Waals surface area contributed by atoms with Gasteiger partial charge in [-0.1, -0.05) is 17.7 Å². The minimum Gasteiger partial charge on any atom is -0.484 e. The summed E-state index contributed by atoms with van der Waals surface area (Å²) in [6.07, 6.45) is 0.861. The Balaban J connectivity index is 1.57. The first-order chi connectivity index (χ1) is 11.7. The van der Waals surface area contributed by atoms with E-state index in [2.05, 4.69) is 16.4 Å². The molecule has 3 rings (SSSR count). The Hall–Kier alpha value is -2.49. The molecule has 3 aromatic rings. The molecule has 0 saturated carbocycles. The van der Waals surface area contributed by atoms with Gasteiger partial charge < -0.3 is 14.5 Å². The van der Waals surface area contributed by atoms with Crippen molar-refractivity contribution >= 4 is 28.8 Å². The van der Waals surface area contributed by atoms with E-state index in [1.807, 2.05) is 17.5 Å². The van der Waals surface area contributed by atoms with Gasteiger partial charge in [-0.3, -0.25) is 0 Å². The Labute approximate surface area is 148 Å². The fourth-order valence-electron chi connectivity index (χ4n) is 2.05. The maximum absolute atomic E-state index is 9.16. The molecule has 2 heterocycles. The molecule has 1 N–H and O–H groups in total. The molecule has 1 aromatic carbocycles. The molecule has 0 spiro atoms. The van der Waals surface area contributed by atoms with Gasteiger partial charge in [-0.25, -0.2) is 0 Å². The van der Waals surface area contributed by atoms with E-state index in [1.54, 1.807) is 35.6 Å². The van der Waals surface area contributed by atoms with Gasteiger partial charge in [0.2, 0.25) is 17.5 Å². The van der Waals surface area contributed by atoms with Crippen molar-refractivity contribution in [2.75, 3.05) is 11.9 Å². The molecule has 5 nitrogen and oxygen atoms in total. The minimum atomic E-state index is 0.142. The van der Waals surface area contributed by atoms with Crippen molar-refractivity contribution in [2.24, 2.45) is 0 Å². The van der Waals surface area contributed by atoms with Gasteiger partial charge in [-0.2, -0.15) is 10.2 Å². The molecule has 0 amide bonds. The number of oxazole rings is 1. The van der Waals surface area contributed by atoms with Crippen LogP contribution < -0.4 is 10.1 Å². The van der Waals surface area contributed by atoms with Gasteiger partial charge in [0.25, 0.3) is 0 Å². The highest BCUT2D eigenvalue weighted by Gasteiger charge is 2.13. The molecule has 0 unspecified atom stereocenters. The highest BCUT2D eigenvalue weighted by atomic mass is 35.5. The second-order valence-electron chi connectivity index (χ2n) is 4.90. The molecule has 0 aliphatic carbocycles. The molecular formula is C17H14ClN3O2S. The number of nitrogens with one attached hydrogen (secondary N) is 1. The number of hydrogen-bond donors (Lipinski definition) is 1. The summed E-state index contributed by atoms with van der Waals surface area (Å²) in [6.45, 7) is 0.810. The quantitative estimate of drug-likeness (QED) is 0.672. The summed E-state index contributed by atoms with van der Waals surface area (Å²) in [5, 5.41) is 15.0. The first kappa shape index (κ1) is 16.4. The number of aromatic nitrogens is 1. The Kier molecular flexibility index (Phi) is 5.36. The molecule has 0 atom stereocenters. The third-order valence-corrected chi connectivity index (χ3v) is 4.38. The van der Waals surface area contributed by atoms with Gasteiger partial charge in [-0.05, 0) is 42.1 Å². The summed E-state index contributed by atoms with van der Waals surface area (Å²) >= 11 is 7.53. The first-order valence-electron chi connectivity index (χ1n) is 7.29. The molecule has 0 aliphatic rings. The molecule has 122 valence electrons. The first-order valence-corrected chi connectivity index (χ1v) is 8.55. The Bertz CT molecular complexity index is 823. The Morgan fingerprint density at radius 3 is 2.83 bits per heavy atom. The van der Waals surface area contributed by atoms with Crippen LogP contribution in [0.4, 0.5) is 5.88 Å². The van der Waals surface area contributed by atoms with Crippen LogP contribution in [0.2, 0.25) is 5.02 Å². The van der Waals surface area contributed by atoms with Crippen LogP contribution in [0.1, 0.15) is 16.5 Å². The number of thiophene rings is 1. The van der Waals surface area contributed by atoms with Gasteiger partial charge >= 0.3 is 0 Å². The lowest BCUT2D eigenvalue weighted by Gasteiger charge is -2.03. The van der Waals surface area contributed by atoms with E-state index in [-0.39, 0.29) is 12.3 Å². The average molecular weight is 360 g/mol. The van der Waals surface area contributed by atoms with Crippen LogP contribution in [-0.2, 0) is 13.0 Å². The molecule has 0 fully saturated rings. The van der Waals surface area contributed by atoms with Crippen molar-refractivity contribution in [3.05, 3.63) is 63.3 Å². The highest BCUT2D eigenvalue weighted by molar-refractivity contribution is 7.09. The van der Waals surface area contributed by atoms with Crippen molar-refractivity contribution in [3.8, 4) is 11.8 Å². The average Bonchev–Trinajstić information content (AvgIpc) is 3.24. The summed E-state index contributed by atoms with van der Waals surface area (Å²) < 4.78 is 11.2. The van der Waals surface area contributed by atoms with Gasteiger partial charge in [-0.15, -0.1) is 11.3 Å². The standard InChI is InChI=1S/C17H14ClN3O2S/c18-12-3-5-13(6-4-12)22-11-16-21-15(10-19)17(23-16)20-8-7-14-2-1-9-24-14/h1-6,9,20H,7-8,11H2. The number of hydrogen-bond acceptors (Lipinski definition) is 6. The minimum absolute atomic E-state index is 0.142. The fourth-order valence-corrected chi connectivity index (χ4v) is 2.89. The predicted molar refractivity (Wildman–Crippen MR) is 93.5 cm³/mol. The van der Waals surface area contributed by atoms with Crippen LogP contribution in [0, 0.1) is 11.3 Å². The molecule has 0 radical (unpaired) electrons. The SMILES string of the molecule is N#Cc1nc(COc2ccc(Cl)cc2)oc1NCCc1cccs1. The summed E-state index contributed by atoms with van der Waals surface area (Å²) in [5.41, 5.74) is 0.232.